The molecule has 2 N–H and O–H groups in total. The van der Waals surface area contributed by atoms with Crippen molar-refractivity contribution >= 4 is 11.8 Å². The second-order valence-corrected chi connectivity index (χ2v) is 4.56. The van der Waals surface area contributed by atoms with E-state index < -0.39 is 5.97 Å². The van der Waals surface area contributed by atoms with Crippen molar-refractivity contribution in [3.63, 3.8) is 0 Å². The molecule has 4 nitrogen and oxygen atoms in total. The molecule has 1 aromatic rings. The van der Waals surface area contributed by atoms with E-state index in [-0.39, 0.29) is 0 Å². The molecular formula is C13H18N2O2. The van der Waals surface area contributed by atoms with Gasteiger partial charge in [-0.05, 0) is 37.8 Å². The first-order chi connectivity index (χ1) is 8.19. The van der Waals surface area contributed by atoms with Crippen LogP contribution < -0.4 is 5.32 Å². The maximum absolute atomic E-state index is 11.0. The molecule has 1 aliphatic carbocycles. The van der Waals surface area contributed by atoms with Crippen molar-refractivity contribution in [1.82, 2.24) is 4.98 Å². The summed E-state index contributed by atoms with van der Waals surface area (Å²) in [5, 5.41) is 12.3. The first-order valence-corrected chi connectivity index (χ1v) is 6.20. The number of carbonyl (C=O) groups is 1. The van der Waals surface area contributed by atoms with Crippen molar-refractivity contribution in [2.24, 2.45) is 0 Å². The molecule has 0 aromatic carbocycles. The Balaban J connectivity index is 2.19. The summed E-state index contributed by atoms with van der Waals surface area (Å²) < 4.78 is 0. The van der Waals surface area contributed by atoms with Crippen LogP contribution >= 0.6 is 0 Å². The smallest absolute Gasteiger partial charge is 0.335 e. The van der Waals surface area contributed by atoms with Crippen LogP contribution in [0.4, 0.5) is 5.82 Å². The van der Waals surface area contributed by atoms with Gasteiger partial charge in [-0.1, -0.05) is 13.3 Å². The molecule has 1 heterocycles. The van der Waals surface area contributed by atoms with E-state index in [1.54, 1.807) is 12.1 Å². The predicted molar refractivity (Wildman–Crippen MR) is 66.5 cm³/mol. The van der Waals surface area contributed by atoms with Gasteiger partial charge in [-0.15, -0.1) is 0 Å². The average molecular weight is 234 g/mol. The van der Waals surface area contributed by atoms with Gasteiger partial charge in [0.2, 0.25) is 0 Å². The van der Waals surface area contributed by atoms with Crippen molar-refractivity contribution < 1.29 is 9.90 Å². The molecular weight excluding hydrogens is 216 g/mol. The summed E-state index contributed by atoms with van der Waals surface area (Å²) in [4.78, 5) is 15.5. The molecule has 2 rings (SSSR count). The van der Waals surface area contributed by atoms with Crippen LogP contribution in [0.5, 0.6) is 0 Å². The van der Waals surface area contributed by atoms with Crippen LogP contribution in [-0.2, 0) is 6.42 Å². The van der Waals surface area contributed by atoms with E-state index in [0.717, 1.165) is 31.4 Å². The van der Waals surface area contributed by atoms with E-state index in [2.05, 4.69) is 17.2 Å². The number of carboxylic acid groups (broad SMARTS) is 1. The zero-order valence-electron chi connectivity index (χ0n) is 10.1. The molecule has 1 saturated carbocycles. The van der Waals surface area contributed by atoms with Crippen LogP contribution in [0, 0.1) is 0 Å². The molecule has 0 radical (unpaired) electrons. The molecule has 0 unspecified atom stereocenters. The molecule has 1 aromatic heterocycles. The third-order valence-corrected chi connectivity index (χ3v) is 3.09. The monoisotopic (exact) mass is 234 g/mol. The number of nitrogens with zero attached hydrogens (tertiary/aromatic N) is 1. The minimum Gasteiger partial charge on any atom is -0.478 e. The van der Waals surface area contributed by atoms with Gasteiger partial charge in [0.15, 0.2) is 0 Å². The third kappa shape index (κ3) is 2.96. The molecule has 0 spiro atoms. The van der Waals surface area contributed by atoms with E-state index in [4.69, 9.17) is 5.11 Å². The standard InChI is InChI=1S/C13H18N2O2/c1-2-4-11-7-9(13(16)17)8-12(15-11)14-10-5-3-6-10/h7-8,10H,2-6H2,1H3,(H,14,15)(H,16,17). The molecule has 0 atom stereocenters. The Labute approximate surface area is 101 Å². The molecule has 0 aliphatic heterocycles. The van der Waals surface area contributed by atoms with Crippen molar-refractivity contribution in [3.05, 3.63) is 23.4 Å². The summed E-state index contributed by atoms with van der Waals surface area (Å²) >= 11 is 0. The number of rotatable bonds is 5. The van der Waals surface area contributed by atoms with Crippen molar-refractivity contribution in [2.75, 3.05) is 5.32 Å². The average Bonchev–Trinajstić information content (AvgIpc) is 2.24. The summed E-state index contributed by atoms with van der Waals surface area (Å²) in [6, 6.07) is 3.76. The fraction of sp³-hybridized carbons (Fsp3) is 0.538. The van der Waals surface area contributed by atoms with E-state index in [1.807, 2.05) is 0 Å². The van der Waals surface area contributed by atoms with Crippen LogP contribution in [0.1, 0.15) is 48.7 Å². The van der Waals surface area contributed by atoms with E-state index in [1.165, 1.54) is 6.42 Å². The lowest BCUT2D eigenvalue weighted by molar-refractivity contribution is 0.0696. The van der Waals surface area contributed by atoms with Gasteiger partial charge in [-0.2, -0.15) is 0 Å². The number of hydrogen-bond donors (Lipinski definition) is 2. The fourth-order valence-electron chi connectivity index (χ4n) is 1.93. The van der Waals surface area contributed by atoms with Crippen LogP contribution in [0.15, 0.2) is 12.1 Å². The molecule has 0 saturated heterocycles. The first kappa shape index (κ1) is 11.9. The second kappa shape index (κ2) is 5.17. The number of aromatic nitrogens is 1. The Morgan fingerprint density at radius 2 is 2.29 bits per heavy atom. The van der Waals surface area contributed by atoms with Gasteiger partial charge in [0.1, 0.15) is 5.82 Å². The van der Waals surface area contributed by atoms with Crippen molar-refractivity contribution in [3.8, 4) is 0 Å². The van der Waals surface area contributed by atoms with Crippen molar-refractivity contribution in [1.29, 1.82) is 0 Å². The molecule has 92 valence electrons. The van der Waals surface area contributed by atoms with E-state index in [9.17, 15) is 4.79 Å². The zero-order chi connectivity index (χ0) is 12.3. The van der Waals surface area contributed by atoms with Crippen molar-refractivity contribution in [2.45, 2.75) is 45.1 Å². The molecule has 4 heteroatoms. The maximum atomic E-state index is 11.0. The topological polar surface area (TPSA) is 62.2 Å². The quantitative estimate of drug-likeness (QED) is 0.822. The van der Waals surface area contributed by atoms with Gasteiger partial charge in [0.25, 0.3) is 0 Å². The molecule has 1 fully saturated rings. The second-order valence-electron chi connectivity index (χ2n) is 4.56. The lowest BCUT2D eigenvalue weighted by Gasteiger charge is -2.27. The number of anilines is 1. The Morgan fingerprint density at radius 3 is 2.82 bits per heavy atom. The Bertz CT molecular complexity index is 414. The van der Waals surface area contributed by atoms with Gasteiger partial charge < -0.3 is 10.4 Å². The van der Waals surface area contributed by atoms with Gasteiger partial charge >= 0.3 is 5.97 Å². The summed E-state index contributed by atoms with van der Waals surface area (Å²) in [6.45, 7) is 2.06. The SMILES string of the molecule is CCCc1cc(C(=O)O)cc(NC2CCC2)n1. The predicted octanol–water partition coefficient (Wildman–Crippen LogP) is 2.70. The van der Waals surface area contributed by atoms with Gasteiger partial charge in [-0.3, -0.25) is 0 Å². The van der Waals surface area contributed by atoms with Gasteiger partial charge in [0.05, 0.1) is 5.56 Å². The maximum Gasteiger partial charge on any atom is 0.335 e. The Hall–Kier alpha value is -1.58. The largest absolute Gasteiger partial charge is 0.478 e. The molecule has 0 amide bonds. The van der Waals surface area contributed by atoms with Crippen LogP contribution in [-0.4, -0.2) is 22.1 Å². The summed E-state index contributed by atoms with van der Waals surface area (Å²) in [5.74, 6) is -0.181. The summed E-state index contributed by atoms with van der Waals surface area (Å²) in [6.07, 6.45) is 5.35. The highest BCUT2D eigenvalue weighted by Gasteiger charge is 2.18. The fourth-order valence-corrected chi connectivity index (χ4v) is 1.93. The first-order valence-electron chi connectivity index (χ1n) is 6.20. The normalized spacial score (nSPS) is 15.4. The number of aryl methyl sites for hydroxylation is 1. The molecule has 0 bridgehead atoms. The number of hydrogen-bond acceptors (Lipinski definition) is 3. The minimum absolute atomic E-state index is 0.324. The number of nitrogens with one attached hydrogen (secondary N) is 1. The number of carboxylic acids is 1. The Kier molecular flexibility index (Phi) is 3.61. The van der Waals surface area contributed by atoms with Crippen LogP contribution in [0.2, 0.25) is 0 Å². The third-order valence-electron chi connectivity index (χ3n) is 3.09. The van der Waals surface area contributed by atoms with E-state index >= 15 is 0 Å². The highest BCUT2D eigenvalue weighted by molar-refractivity contribution is 5.88. The summed E-state index contributed by atoms with van der Waals surface area (Å²) in [5.41, 5.74) is 1.18. The highest BCUT2D eigenvalue weighted by Crippen LogP contribution is 2.23. The van der Waals surface area contributed by atoms with Gasteiger partial charge in [-0.25, -0.2) is 9.78 Å². The van der Waals surface area contributed by atoms with Gasteiger partial charge in [0, 0.05) is 11.7 Å². The number of aromatic carboxylic acids is 1. The number of pyridine rings is 1. The minimum atomic E-state index is -0.888. The summed E-state index contributed by atoms with van der Waals surface area (Å²) in [7, 11) is 0. The molecule has 1 aliphatic rings. The lowest BCUT2D eigenvalue weighted by atomic mass is 9.93. The highest BCUT2D eigenvalue weighted by atomic mass is 16.4. The van der Waals surface area contributed by atoms with E-state index in [0.29, 0.717) is 17.4 Å². The Morgan fingerprint density at radius 1 is 1.53 bits per heavy atom. The zero-order valence-corrected chi connectivity index (χ0v) is 10.1. The molecule has 17 heavy (non-hydrogen) atoms. The van der Waals surface area contributed by atoms with Crippen LogP contribution in [0.25, 0.3) is 0 Å². The lowest BCUT2D eigenvalue weighted by Crippen LogP contribution is -2.27. The van der Waals surface area contributed by atoms with Crippen LogP contribution in [0.3, 0.4) is 0 Å².